The van der Waals surface area contributed by atoms with Gasteiger partial charge in [0, 0.05) is 6.42 Å². The largest absolute Gasteiger partial charge is 0.381 e. The molecule has 6 nitrogen and oxygen atoms in total. The lowest BCUT2D eigenvalue weighted by atomic mass is 9.87. The van der Waals surface area contributed by atoms with Crippen molar-refractivity contribution in [1.82, 2.24) is 5.32 Å². The van der Waals surface area contributed by atoms with E-state index in [1.165, 1.54) is 6.08 Å². The first-order valence-corrected chi connectivity index (χ1v) is 7.27. The Kier molecular flexibility index (Phi) is 2.98. The highest BCUT2D eigenvalue weighted by Crippen LogP contribution is 2.37. The third-order valence-electron chi connectivity index (χ3n) is 2.72. The predicted octanol–water partition coefficient (Wildman–Crippen LogP) is 0.201. The molecule has 1 spiro atoms. The molecule has 1 aliphatic heterocycles. The Morgan fingerprint density at radius 2 is 2.06 bits per heavy atom. The Hall–Kier alpha value is -1.34. The number of amides is 1. The van der Waals surface area contributed by atoms with E-state index < -0.39 is 15.7 Å². The Bertz CT molecular complexity index is 591. The first-order chi connectivity index (χ1) is 8.24. The fourth-order valence-electron chi connectivity index (χ4n) is 1.93. The van der Waals surface area contributed by atoms with Crippen molar-refractivity contribution in [3.8, 4) is 0 Å². The number of carbonyl (C=O) groups is 2. The maximum atomic E-state index is 11.9. The lowest BCUT2D eigenvalue weighted by Gasteiger charge is -2.29. The summed E-state index contributed by atoms with van der Waals surface area (Å²) in [7, 11) is -3.75. The molecule has 0 saturated carbocycles. The zero-order valence-electron chi connectivity index (χ0n) is 9.40. The monoisotopic (exact) mass is 291 g/mol. The summed E-state index contributed by atoms with van der Waals surface area (Å²) in [6.45, 7) is 0. The Morgan fingerprint density at radius 3 is 2.56 bits per heavy atom. The first-order valence-electron chi connectivity index (χ1n) is 5.08. The topological polar surface area (TPSA) is 89.5 Å². The van der Waals surface area contributed by atoms with Crippen molar-refractivity contribution in [3.63, 3.8) is 0 Å². The molecule has 0 bridgehead atoms. The van der Waals surface area contributed by atoms with E-state index in [0.29, 0.717) is 0 Å². The number of carbonyl (C=O) groups excluding carboxylic acids is 2. The number of rotatable bonds is 2. The highest BCUT2D eigenvalue weighted by molar-refractivity contribution is 7.86. The standard InChI is InChI=1S/C10H10ClNO5S/c1-18(15,16)17-6-2-3-7(13)10(9(6)11)5-4-8(14)12-10/h2-3H,4-5H2,1H3,(H,12,14). The van der Waals surface area contributed by atoms with Crippen LogP contribution >= 0.6 is 11.6 Å². The van der Waals surface area contributed by atoms with E-state index in [-0.39, 0.29) is 35.3 Å². The van der Waals surface area contributed by atoms with Gasteiger partial charge in [-0.3, -0.25) is 9.59 Å². The van der Waals surface area contributed by atoms with E-state index in [1.807, 2.05) is 0 Å². The quantitative estimate of drug-likeness (QED) is 0.734. The van der Waals surface area contributed by atoms with Gasteiger partial charge in [-0.25, -0.2) is 0 Å². The van der Waals surface area contributed by atoms with Crippen LogP contribution in [0.25, 0.3) is 0 Å². The van der Waals surface area contributed by atoms with Crippen LogP contribution in [0.5, 0.6) is 0 Å². The molecule has 0 aromatic rings. The molecule has 1 N–H and O–H groups in total. The number of halogens is 1. The van der Waals surface area contributed by atoms with E-state index in [9.17, 15) is 18.0 Å². The van der Waals surface area contributed by atoms with Crippen LogP contribution in [-0.2, 0) is 23.9 Å². The van der Waals surface area contributed by atoms with Crippen molar-refractivity contribution in [3.05, 3.63) is 22.9 Å². The maximum Gasteiger partial charge on any atom is 0.306 e. The average molecular weight is 292 g/mol. The van der Waals surface area contributed by atoms with E-state index in [1.54, 1.807) is 0 Å². The highest BCUT2D eigenvalue weighted by Gasteiger charge is 2.49. The molecule has 0 aromatic carbocycles. The summed E-state index contributed by atoms with van der Waals surface area (Å²) in [6, 6.07) is 0. The van der Waals surface area contributed by atoms with E-state index in [4.69, 9.17) is 15.8 Å². The Balaban J connectivity index is 2.45. The van der Waals surface area contributed by atoms with Crippen LogP contribution in [0.4, 0.5) is 0 Å². The second kappa shape index (κ2) is 4.10. The van der Waals surface area contributed by atoms with Gasteiger partial charge >= 0.3 is 10.1 Å². The SMILES string of the molecule is CS(=O)(=O)OC1=C(Cl)C2(CCC(=O)N2)C(=O)C=C1. The number of hydrogen-bond acceptors (Lipinski definition) is 5. The fraction of sp³-hybridized carbons (Fsp3) is 0.400. The lowest BCUT2D eigenvalue weighted by Crippen LogP contribution is -2.50. The van der Waals surface area contributed by atoms with E-state index in [0.717, 1.165) is 12.3 Å². The molecule has 1 unspecified atom stereocenters. The Morgan fingerprint density at radius 1 is 1.39 bits per heavy atom. The second-order valence-electron chi connectivity index (χ2n) is 4.12. The minimum atomic E-state index is -3.75. The van der Waals surface area contributed by atoms with Crippen LogP contribution in [0.2, 0.25) is 0 Å². The van der Waals surface area contributed by atoms with Crippen molar-refractivity contribution in [1.29, 1.82) is 0 Å². The minimum Gasteiger partial charge on any atom is -0.381 e. The lowest BCUT2D eigenvalue weighted by molar-refractivity contribution is -0.124. The summed E-state index contributed by atoms with van der Waals surface area (Å²) < 4.78 is 26.8. The van der Waals surface area contributed by atoms with E-state index >= 15 is 0 Å². The third-order valence-corrected chi connectivity index (χ3v) is 3.71. The molecule has 1 amide bonds. The third kappa shape index (κ3) is 2.15. The highest BCUT2D eigenvalue weighted by atomic mass is 35.5. The van der Waals surface area contributed by atoms with Crippen LogP contribution < -0.4 is 5.32 Å². The van der Waals surface area contributed by atoms with Crippen LogP contribution in [0, 0.1) is 0 Å². The predicted molar refractivity (Wildman–Crippen MR) is 63.1 cm³/mol. The van der Waals surface area contributed by atoms with Gasteiger partial charge < -0.3 is 9.50 Å². The molecule has 1 atom stereocenters. The van der Waals surface area contributed by atoms with Crippen LogP contribution in [0.1, 0.15) is 12.8 Å². The van der Waals surface area contributed by atoms with Gasteiger partial charge in [0.2, 0.25) is 5.91 Å². The molecular formula is C10H10ClNO5S. The summed E-state index contributed by atoms with van der Waals surface area (Å²) in [4.78, 5) is 23.1. The number of hydrogen-bond donors (Lipinski definition) is 1. The number of nitrogens with one attached hydrogen (secondary N) is 1. The molecule has 1 fully saturated rings. The number of allylic oxidation sites excluding steroid dienone is 1. The molecule has 2 rings (SSSR count). The summed E-state index contributed by atoms with van der Waals surface area (Å²) >= 11 is 6.02. The van der Waals surface area contributed by atoms with Crippen LogP contribution in [0.15, 0.2) is 22.9 Å². The van der Waals surface area contributed by atoms with E-state index in [2.05, 4.69) is 5.32 Å². The van der Waals surface area contributed by atoms with Crippen molar-refractivity contribution in [2.24, 2.45) is 0 Å². The van der Waals surface area contributed by atoms with Gasteiger partial charge in [-0.15, -0.1) is 0 Å². The zero-order valence-corrected chi connectivity index (χ0v) is 11.0. The first kappa shape index (κ1) is 13.1. The normalized spacial score (nSPS) is 27.9. The number of ketones is 1. The molecular weight excluding hydrogens is 282 g/mol. The molecule has 98 valence electrons. The summed E-state index contributed by atoms with van der Waals surface area (Å²) in [5.41, 5.74) is -1.37. The van der Waals surface area contributed by atoms with Crippen LogP contribution in [-0.4, -0.2) is 31.9 Å². The fourth-order valence-corrected chi connectivity index (χ4v) is 2.77. The van der Waals surface area contributed by atoms with Gasteiger partial charge in [-0.05, 0) is 18.6 Å². The summed E-state index contributed by atoms with van der Waals surface area (Å²) in [6.07, 6.45) is 3.54. The minimum absolute atomic E-state index is 0.105. The van der Waals surface area contributed by atoms with Gasteiger partial charge in [0.15, 0.2) is 11.5 Å². The molecule has 8 heteroatoms. The maximum absolute atomic E-state index is 11.9. The van der Waals surface area contributed by atoms with Crippen molar-refractivity contribution in [2.45, 2.75) is 18.4 Å². The van der Waals surface area contributed by atoms with Crippen molar-refractivity contribution in [2.75, 3.05) is 6.26 Å². The average Bonchev–Trinajstić information content (AvgIpc) is 2.63. The molecule has 1 aliphatic carbocycles. The van der Waals surface area contributed by atoms with Gasteiger partial charge in [0.25, 0.3) is 0 Å². The van der Waals surface area contributed by atoms with Gasteiger partial charge in [0.1, 0.15) is 5.54 Å². The Labute approximate surface area is 109 Å². The molecule has 0 radical (unpaired) electrons. The van der Waals surface area contributed by atoms with Gasteiger partial charge in [-0.2, -0.15) is 8.42 Å². The molecule has 0 aromatic heterocycles. The summed E-state index contributed by atoms with van der Waals surface area (Å²) in [5.74, 6) is -0.837. The van der Waals surface area contributed by atoms with Crippen molar-refractivity contribution < 1.29 is 22.2 Å². The molecule has 1 heterocycles. The molecule has 2 aliphatic rings. The smallest absolute Gasteiger partial charge is 0.306 e. The van der Waals surface area contributed by atoms with Gasteiger partial charge in [0.05, 0.1) is 11.3 Å². The second-order valence-corrected chi connectivity index (χ2v) is 6.07. The summed E-state index contributed by atoms with van der Waals surface area (Å²) in [5, 5.41) is 2.37. The van der Waals surface area contributed by atoms with Crippen molar-refractivity contribution >= 4 is 33.4 Å². The van der Waals surface area contributed by atoms with Crippen LogP contribution in [0.3, 0.4) is 0 Å². The molecule has 1 saturated heterocycles. The van der Waals surface area contributed by atoms with Gasteiger partial charge in [-0.1, -0.05) is 11.6 Å². The zero-order chi connectivity index (χ0) is 13.6. The molecule has 18 heavy (non-hydrogen) atoms.